The van der Waals surface area contributed by atoms with Crippen LogP contribution in [0.2, 0.25) is 0 Å². The number of rotatable bonds is 6. The fourth-order valence-electron chi connectivity index (χ4n) is 1.27. The third-order valence-corrected chi connectivity index (χ3v) is 3.10. The molecule has 0 aliphatic rings. The van der Waals surface area contributed by atoms with Crippen LogP contribution >= 0.6 is 11.3 Å². The minimum absolute atomic E-state index is 0.0446. The van der Waals surface area contributed by atoms with E-state index in [1.54, 1.807) is 11.3 Å². The lowest BCUT2D eigenvalue weighted by molar-refractivity contribution is -0.122. The molecule has 15 heavy (non-hydrogen) atoms. The van der Waals surface area contributed by atoms with Gasteiger partial charge in [0.15, 0.2) is 0 Å². The molecule has 1 rings (SSSR count). The summed E-state index contributed by atoms with van der Waals surface area (Å²) in [6.07, 6.45) is 2.85. The topological polar surface area (TPSA) is 55.1 Å². The van der Waals surface area contributed by atoms with Crippen LogP contribution in [0.15, 0.2) is 17.5 Å². The predicted octanol–water partition coefficient (Wildman–Crippen LogP) is 1.88. The van der Waals surface area contributed by atoms with Gasteiger partial charge in [-0.1, -0.05) is 25.8 Å². The molecular formula is C11H18N2OS. The SMILES string of the molecule is CCCCC(N)C(=O)NCc1cccs1. The van der Waals surface area contributed by atoms with Crippen molar-refractivity contribution in [2.24, 2.45) is 5.73 Å². The minimum Gasteiger partial charge on any atom is -0.350 e. The predicted molar refractivity (Wildman–Crippen MR) is 63.7 cm³/mol. The molecule has 1 heterocycles. The molecule has 0 fully saturated rings. The van der Waals surface area contributed by atoms with Crippen molar-refractivity contribution in [2.45, 2.75) is 38.8 Å². The normalized spacial score (nSPS) is 12.4. The quantitative estimate of drug-likeness (QED) is 0.778. The van der Waals surface area contributed by atoms with Crippen LogP contribution in [0.3, 0.4) is 0 Å². The molecule has 0 aliphatic heterocycles. The van der Waals surface area contributed by atoms with Crippen molar-refractivity contribution in [3.8, 4) is 0 Å². The van der Waals surface area contributed by atoms with Gasteiger partial charge in [0.05, 0.1) is 12.6 Å². The van der Waals surface area contributed by atoms with E-state index >= 15 is 0 Å². The Morgan fingerprint density at radius 2 is 2.47 bits per heavy atom. The number of hydrogen-bond acceptors (Lipinski definition) is 3. The monoisotopic (exact) mass is 226 g/mol. The van der Waals surface area contributed by atoms with E-state index < -0.39 is 0 Å². The number of unbranched alkanes of at least 4 members (excludes halogenated alkanes) is 1. The number of hydrogen-bond donors (Lipinski definition) is 2. The van der Waals surface area contributed by atoms with Crippen molar-refractivity contribution < 1.29 is 4.79 Å². The number of carbonyl (C=O) groups is 1. The van der Waals surface area contributed by atoms with Crippen molar-refractivity contribution in [1.82, 2.24) is 5.32 Å². The molecule has 4 heteroatoms. The van der Waals surface area contributed by atoms with Gasteiger partial charge in [-0.25, -0.2) is 0 Å². The summed E-state index contributed by atoms with van der Waals surface area (Å²) in [5.74, 6) is -0.0446. The lowest BCUT2D eigenvalue weighted by Crippen LogP contribution is -2.39. The molecule has 0 saturated heterocycles. The third kappa shape index (κ3) is 4.44. The summed E-state index contributed by atoms with van der Waals surface area (Å²) in [5.41, 5.74) is 5.73. The minimum atomic E-state index is -0.357. The summed E-state index contributed by atoms with van der Waals surface area (Å²) in [7, 11) is 0. The summed E-state index contributed by atoms with van der Waals surface area (Å²) >= 11 is 1.64. The molecule has 1 aromatic rings. The molecular weight excluding hydrogens is 208 g/mol. The van der Waals surface area contributed by atoms with E-state index in [0.717, 1.165) is 24.1 Å². The molecule has 1 unspecified atom stereocenters. The van der Waals surface area contributed by atoms with Crippen LogP contribution in [0.1, 0.15) is 31.1 Å². The molecule has 0 aromatic carbocycles. The molecule has 0 spiro atoms. The highest BCUT2D eigenvalue weighted by Gasteiger charge is 2.11. The van der Waals surface area contributed by atoms with Crippen molar-refractivity contribution in [3.05, 3.63) is 22.4 Å². The van der Waals surface area contributed by atoms with E-state index in [-0.39, 0.29) is 11.9 Å². The Morgan fingerprint density at radius 3 is 3.07 bits per heavy atom. The summed E-state index contributed by atoms with van der Waals surface area (Å²) in [5, 5.41) is 4.84. The van der Waals surface area contributed by atoms with Gasteiger partial charge >= 0.3 is 0 Å². The van der Waals surface area contributed by atoms with Gasteiger partial charge in [-0.2, -0.15) is 0 Å². The van der Waals surface area contributed by atoms with Crippen LogP contribution in [0, 0.1) is 0 Å². The van der Waals surface area contributed by atoms with Gasteiger partial charge in [0.1, 0.15) is 0 Å². The Morgan fingerprint density at radius 1 is 1.67 bits per heavy atom. The second-order valence-corrected chi connectivity index (χ2v) is 4.58. The number of thiophene rings is 1. The van der Waals surface area contributed by atoms with E-state index in [1.807, 2.05) is 17.5 Å². The second kappa shape index (κ2) is 6.58. The fourth-order valence-corrected chi connectivity index (χ4v) is 1.92. The van der Waals surface area contributed by atoms with Gasteiger partial charge in [-0.15, -0.1) is 11.3 Å². The molecule has 1 atom stereocenters. The Kier molecular flexibility index (Phi) is 5.36. The Balaban J connectivity index is 2.23. The number of carbonyl (C=O) groups excluding carboxylic acids is 1. The molecule has 1 amide bonds. The van der Waals surface area contributed by atoms with Crippen LogP contribution < -0.4 is 11.1 Å². The number of nitrogens with one attached hydrogen (secondary N) is 1. The maximum absolute atomic E-state index is 11.5. The van der Waals surface area contributed by atoms with Crippen molar-refractivity contribution >= 4 is 17.2 Å². The Bertz CT molecular complexity index is 285. The van der Waals surface area contributed by atoms with Crippen LogP contribution in [0.5, 0.6) is 0 Å². The molecule has 84 valence electrons. The van der Waals surface area contributed by atoms with Crippen LogP contribution in [0.4, 0.5) is 0 Å². The average molecular weight is 226 g/mol. The first-order valence-electron chi connectivity index (χ1n) is 5.29. The number of amides is 1. The zero-order valence-electron chi connectivity index (χ0n) is 9.03. The van der Waals surface area contributed by atoms with E-state index in [1.165, 1.54) is 0 Å². The second-order valence-electron chi connectivity index (χ2n) is 3.55. The highest BCUT2D eigenvalue weighted by Crippen LogP contribution is 2.07. The lowest BCUT2D eigenvalue weighted by Gasteiger charge is -2.10. The van der Waals surface area contributed by atoms with Crippen LogP contribution in [-0.2, 0) is 11.3 Å². The third-order valence-electron chi connectivity index (χ3n) is 2.22. The smallest absolute Gasteiger partial charge is 0.237 e. The first kappa shape index (κ1) is 12.2. The first-order chi connectivity index (χ1) is 7.24. The van der Waals surface area contributed by atoms with E-state index in [9.17, 15) is 4.79 Å². The van der Waals surface area contributed by atoms with E-state index in [4.69, 9.17) is 5.73 Å². The largest absolute Gasteiger partial charge is 0.350 e. The maximum Gasteiger partial charge on any atom is 0.237 e. The van der Waals surface area contributed by atoms with Gasteiger partial charge < -0.3 is 11.1 Å². The zero-order valence-corrected chi connectivity index (χ0v) is 9.85. The van der Waals surface area contributed by atoms with Crippen molar-refractivity contribution in [2.75, 3.05) is 0 Å². The summed E-state index contributed by atoms with van der Waals surface area (Å²) in [6.45, 7) is 2.69. The van der Waals surface area contributed by atoms with Gasteiger partial charge in [0.2, 0.25) is 5.91 Å². The highest BCUT2D eigenvalue weighted by molar-refractivity contribution is 7.09. The summed E-state index contributed by atoms with van der Waals surface area (Å²) in [4.78, 5) is 12.7. The average Bonchev–Trinajstić information content (AvgIpc) is 2.75. The van der Waals surface area contributed by atoms with Crippen LogP contribution in [-0.4, -0.2) is 11.9 Å². The fraction of sp³-hybridized carbons (Fsp3) is 0.545. The van der Waals surface area contributed by atoms with Gasteiger partial charge in [0.25, 0.3) is 0 Å². The molecule has 1 aromatic heterocycles. The van der Waals surface area contributed by atoms with Crippen molar-refractivity contribution in [1.29, 1.82) is 0 Å². The molecule has 0 saturated carbocycles. The highest BCUT2D eigenvalue weighted by atomic mass is 32.1. The molecule has 0 aliphatic carbocycles. The lowest BCUT2D eigenvalue weighted by atomic mass is 10.1. The Labute approximate surface area is 94.7 Å². The van der Waals surface area contributed by atoms with Gasteiger partial charge in [-0.3, -0.25) is 4.79 Å². The number of nitrogens with two attached hydrogens (primary N) is 1. The molecule has 3 nitrogen and oxygen atoms in total. The molecule has 0 bridgehead atoms. The van der Waals surface area contributed by atoms with E-state index in [0.29, 0.717) is 6.54 Å². The standard InChI is InChI=1S/C11H18N2OS/c1-2-3-6-10(12)11(14)13-8-9-5-4-7-15-9/h4-5,7,10H,2-3,6,8,12H2,1H3,(H,13,14). The van der Waals surface area contributed by atoms with Gasteiger partial charge in [-0.05, 0) is 17.9 Å². The first-order valence-corrected chi connectivity index (χ1v) is 6.17. The summed E-state index contributed by atoms with van der Waals surface area (Å²) < 4.78 is 0. The van der Waals surface area contributed by atoms with Gasteiger partial charge in [0, 0.05) is 4.88 Å². The van der Waals surface area contributed by atoms with E-state index in [2.05, 4.69) is 12.2 Å². The van der Waals surface area contributed by atoms with Crippen LogP contribution in [0.25, 0.3) is 0 Å². The maximum atomic E-state index is 11.5. The van der Waals surface area contributed by atoms with Crippen molar-refractivity contribution in [3.63, 3.8) is 0 Å². The molecule has 3 N–H and O–H groups in total. The molecule has 0 radical (unpaired) electrons. The Hall–Kier alpha value is -0.870. The zero-order chi connectivity index (χ0) is 11.1. The summed E-state index contributed by atoms with van der Waals surface area (Å²) in [6, 6.07) is 3.62.